The first-order valence-corrected chi connectivity index (χ1v) is 7.85. The average Bonchev–Trinajstić information content (AvgIpc) is 2.68. The van der Waals surface area contributed by atoms with Crippen LogP contribution in [0, 0.1) is 11.3 Å². The van der Waals surface area contributed by atoms with Crippen molar-refractivity contribution in [3.63, 3.8) is 0 Å². The van der Waals surface area contributed by atoms with Gasteiger partial charge >= 0.3 is 5.97 Å². The van der Waals surface area contributed by atoms with E-state index in [0.29, 0.717) is 12.5 Å². The van der Waals surface area contributed by atoms with Crippen molar-refractivity contribution >= 4 is 27.3 Å². The van der Waals surface area contributed by atoms with Crippen LogP contribution in [0.15, 0.2) is 16.3 Å². The first kappa shape index (κ1) is 13.5. The summed E-state index contributed by atoms with van der Waals surface area (Å²) in [4.78, 5) is 10.7. The average molecular weight is 289 g/mol. The van der Waals surface area contributed by atoms with Crippen LogP contribution < -0.4 is 4.72 Å². The minimum absolute atomic E-state index is 0.0297. The Labute approximate surface area is 110 Å². The SMILES string of the molecule is CC1(C)CC1CNS(=O)(=O)c1ccc(C(=O)O)s1. The molecule has 1 saturated carbocycles. The molecule has 0 aromatic carbocycles. The fraction of sp³-hybridized carbons (Fsp3) is 0.545. The number of sulfonamides is 1. The van der Waals surface area contributed by atoms with Crippen molar-refractivity contribution in [2.24, 2.45) is 11.3 Å². The maximum Gasteiger partial charge on any atom is 0.345 e. The first-order valence-electron chi connectivity index (χ1n) is 5.55. The van der Waals surface area contributed by atoms with Crippen LogP contribution in [-0.4, -0.2) is 26.0 Å². The number of thiophene rings is 1. The predicted octanol–water partition coefficient (Wildman–Crippen LogP) is 1.77. The summed E-state index contributed by atoms with van der Waals surface area (Å²) in [5, 5.41) is 8.76. The summed E-state index contributed by atoms with van der Waals surface area (Å²) in [5.41, 5.74) is 0.212. The minimum Gasteiger partial charge on any atom is -0.477 e. The monoisotopic (exact) mass is 289 g/mol. The van der Waals surface area contributed by atoms with Gasteiger partial charge in [-0.1, -0.05) is 13.8 Å². The van der Waals surface area contributed by atoms with Crippen molar-refractivity contribution in [2.45, 2.75) is 24.5 Å². The molecule has 1 fully saturated rings. The topological polar surface area (TPSA) is 83.5 Å². The lowest BCUT2D eigenvalue weighted by Crippen LogP contribution is -2.26. The molecule has 18 heavy (non-hydrogen) atoms. The van der Waals surface area contributed by atoms with Crippen LogP contribution in [0.2, 0.25) is 0 Å². The first-order chi connectivity index (χ1) is 8.22. The molecule has 1 aromatic heterocycles. The molecule has 0 spiro atoms. The minimum atomic E-state index is -3.57. The Hall–Kier alpha value is -0.920. The summed E-state index contributed by atoms with van der Waals surface area (Å²) < 4.78 is 26.4. The molecule has 1 atom stereocenters. The van der Waals surface area contributed by atoms with E-state index >= 15 is 0 Å². The Morgan fingerprint density at radius 1 is 1.56 bits per heavy atom. The molecular formula is C11H15NO4S2. The Morgan fingerprint density at radius 3 is 2.61 bits per heavy atom. The van der Waals surface area contributed by atoms with Crippen LogP contribution in [-0.2, 0) is 10.0 Å². The smallest absolute Gasteiger partial charge is 0.345 e. The van der Waals surface area contributed by atoms with Gasteiger partial charge in [0, 0.05) is 6.54 Å². The van der Waals surface area contributed by atoms with Crippen molar-refractivity contribution in [1.29, 1.82) is 0 Å². The number of rotatable bonds is 5. The summed E-state index contributed by atoms with van der Waals surface area (Å²) in [5.74, 6) is -0.740. The highest BCUT2D eigenvalue weighted by atomic mass is 32.2. The molecule has 7 heteroatoms. The third kappa shape index (κ3) is 2.73. The van der Waals surface area contributed by atoms with Gasteiger partial charge in [-0.05, 0) is 29.9 Å². The van der Waals surface area contributed by atoms with Gasteiger partial charge in [-0.15, -0.1) is 11.3 Å². The molecule has 1 heterocycles. The van der Waals surface area contributed by atoms with Crippen molar-refractivity contribution in [3.8, 4) is 0 Å². The molecule has 0 amide bonds. The fourth-order valence-corrected chi connectivity index (χ4v) is 4.06. The van der Waals surface area contributed by atoms with Crippen LogP contribution >= 0.6 is 11.3 Å². The van der Waals surface area contributed by atoms with Gasteiger partial charge in [-0.25, -0.2) is 17.9 Å². The zero-order valence-corrected chi connectivity index (χ0v) is 11.8. The van der Waals surface area contributed by atoms with Crippen molar-refractivity contribution < 1.29 is 18.3 Å². The normalized spacial score (nSPS) is 21.8. The van der Waals surface area contributed by atoms with Gasteiger partial charge in [-0.3, -0.25) is 0 Å². The number of hydrogen-bond acceptors (Lipinski definition) is 4. The Kier molecular flexibility index (Phi) is 3.25. The van der Waals surface area contributed by atoms with Gasteiger partial charge < -0.3 is 5.11 Å². The number of carbonyl (C=O) groups is 1. The molecule has 1 aliphatic carbocycles. The lowest BCUT2D eigenvalue weighted by molar-refractivity contribution is 0.0702. The summed E-state index contributed by atoms with van der Waals surface area (Å²) in [6.07, 6.45) is 1.01. The van der Waals surface area contributed by atoms with Crippen LogP contribution in [0.25, 0.3) is 0 Å². The van der Waals surface area contributed by atoms with E-state index in [4.69, 9.17) is 5.11 Å². The van der Waals surface area contributed by atoms with Gasteiger partial charge in [0.1, 0.15) is 9.09 Å². The maximum atomic E-state index is 11.9. The third-order valence-corrected chi connectivity index (χ3v) is 6.28. The van der Waals surface area contributed by atoms with E-state index in [1.807, 2.05) is 0 Å². The number of hydrogen-bond donors (Lipinski definition) is 2. The molecule has 1 aromatic rings. The van der Waals surface area contributed by atoms with E-state index < -0.39 is 16.0 Å². The lowest BCUT2D eigenvalue weighted by Gasteiger charge is -2.05. The van der Waals surface area contributed by atoms with Gasteiger partial charge in [-0.2, -0.15) is 0 Å². The summed E-state index contributed by atoms with van der Waals surface area (Å²) in [7, 11) is -3.57. The van der Waals surface area contributed by atoms with Crippen LogP contribution in [0.5, 0.6) is 0 Å². The number of aromatic carboxylic acids is 1. The second-order valence-electron chi connectivity index (χ2n) is 5.17. The van der Waals surface area contributed by atoms with Crippen LogP contribution in [0.1, 0.15) is 29.9 Å². The van der Waals surface area contributed by atoms with E-state index in [-0.39, 0.29) is 14.5 Å². The van der Waals surface area contributed by atoms with E-state index in [9.17, 15) is 13.2 Å². The zero-order valence-electron chi connectivity index (χ0n) is 10.1. The largest absolute Gasteiger partial charge is 0.477 e. The van der Waals surface area contributed by atoms with Gasteiger partial charge in [0.05, 0.1) is 0 Å². The van der Waals surface area contributed by atoms with Crippen LogP contribution in [0.4, 0.5) is 0 Å². The molecule has 100 valence electrons. The summed E-state index contributed by atoms with van der Waals surface area (Å²) >= 11 is 0.770. The summed E-state index contributed by atoms with van der Waals surface area (Å²) in [6, 6.07) is 2.64. The second-order valence-corrected chi connectivity index (χ2v) is 8.24. The fourth-order valence-electron chi connectivity index (χ4n) is 1.79. The van der Waals surface area contributed by atoms with Crippen molar-refractivity contribution in [2.75, 3.05) is 6.54 Å². The predicted molar refractivity (Wildman–Crippen MR) is 68.4 cm³/mol. The molecular weight excluding hydrogens is 274 g/mol. The highest BCUT2D eigenvalue weighted by Crippen LogP contribution is 2.51. The van der Waals surface area contributed by atoms with E-state index in [1.54, 1.807) is 0 Å². The quantitative estimate of drug-likeness (QED) is 0.865. The molecule has 1 aliphatic rings. The second kappa shape index (κ2) is 4.32. The molecule has 2 rings (SSSR count). The number of carboxylic acid groups (broad SMARTS) is 1. The Balaban J connectivity index is 2.04. The number of carboxylic acids is 1. The summed E-state index contributed by atoms with van der Waals surface area (Å²) in [6.45, 7) is 4.61. The number of nitrogens with one attached hydrogen (secondary N) is 1. The molecule has 5 nitrogen and oxygen atoms in total. The van der Waals surface area contributed by atoms with E-state index in [0.717, 1.165) is 17.8 Å². The molecule has 0 radical (unpaired) electrons. The van der Waals surface area contributed by atoms with Crippen molar-refractivity contribution in [1.82, 2.24) is 4.72 Å². The van der Waals surface area contributed by atoms with E-state index in [1.165, 1.54) is 12.1 Å². The maximum absolute atomic E-state index is 11.9. The van der Waals surface area contributed by atoms with Gasteiger partial charge in [0.2, 0.25) is 10.0 Å². The molecule has 0 aliphatic heterocycles. The molecule has 1 unspecified atom stereocenters. The third-order valence-electron chi connectivity index (χ3n) is 3.29. The molecule has 2 N–H and O–H groups in total. The van der Waals surface area contributed by atoms with E-state index in [2.05, 4.69) is 18.6 Å². The van der Waals surface area contributed by atoms with Crippen LogP contribution in [0.3, 0.4) is 0 Å². The highest BCUT2D eigenvalue weighted by Gasteiger charge is 2.45. The molecule has 0 saturated heterocycles. The van der Waals surface area contributed by atoms with Gasteiger partial charge in [0.15, 0.2) is 0 Å². The Morgan fingerprint density at radius 2 is 2.17 bits per heavy atom. The standard InChI is InChI=1S/C11H15NO4S2/c1-11(2)5-7(11)6-12-18(15,16)9-4-3-8(17-9)10(13)14/h3-4,7,12H,5-6H2,1-2H3,(H,13,14). The molecule has 0 bridgehead atoms. The lowest BCUT2D eigenvalue weighted by atomic mass is 10.1. The highest BCUT2D eigenvalue weighted by molar-refractivity contribution is 7.91. The van der Waals surface area contributed by atoms with Gasteiger partial charge in [0.25, 0.3) is 0 Å². The van der Waals surface area contributed by atoms with Crippen molar-refractivity contribution in [3.05, 3.63) is 17.0 Å². The Bertz CT molecular complexity index is 574. The zero-order chi connectivity index (χ0) is 13.6.